The normalized spacial score (nSPS) is 14.7. The molecular weight excluding hydrogens is 387 g/mol. The lowest BCUT2D eigenvalue weighted by atomic mass is 10.2. The summed E-state index contributed by atoms with van der Waals surface area (Å²) in [5.41, 5.74) is -0.773. The van der Waals surface area contributed by atoms with Crippen LogP contribution in [0.25, 0.3) is 0 Å². The van der Waals surface area contributed by atoms with Crippen molar-refractivity contribution in [2.45, 2.75) is 6.18 Å². The molecule has 0 aliphatic carbocycles. The van der Waals surface area contributed by atoms with Crippen molar-refractivity contribution < 1.29 is 22.7 Å². The van der Waals surface area contributed by atoms with Gasteiger partial charge in [0.1, 0.15) is 0 Å². The number of carbonyl (C=O) groups excluding carboxylic acids is 1. The first-order valence-electron chi connectivity index (χ1n) is 7.92. The second-order valence-electron chi connectivity index (χ2n) is 5.64. The first-order valence-corrected chi connectivity index (χ1v) is 8.30. The zero-order valence-electron chi connectivity index (χ0n) is 13.9. The van der Waals surface area contributed by atoms with Crippen molar-refractivity contribution in [1.82, 2.24) is 9.97 Å². The number of anilines is 3. The van der Waals surface area contributed by atoms with Gasteiger partial charge in [0.25, 0.3) is 0 Å². The number of amides is 2. The largest absolute Gasteiger partial charge is 0.417 e. The Kier molecular flexibility index (Phi) is 5.66. The van der Waals surface area contributed by atoms with Crippen molar-refractivity contribution in [1.29, 1.82) is 0 Å². The van der Waals surface area contributed by atoms with E-state index < -0.39 is 22.8 Å². The lowest BCUT2D eigenvalue weighted by molar-refractivity contribution is -0.137. The minimum atomic E-state index is -4.62. The van der Waals surface area contributed by atoms with Gasteiger partial charge >= 0.3 is 12.2 Å². The quantitative estimate of drug-likeness (QED) is 0.821. The second kappa shape index (κ2) is 7.97. The number of aromatic nitrogens is 2. The number of halogens is 4. The predicted molar refractivity (Wildman–Crippen MR) is 94.2 cm³/mol. The van der Waals surface area contributed by atoms with Crippen LogP contribution in [0.1, 0.15) is 5.56 Å². The van der Waals surface area contributed by atoms with Crippen molar-refractivity contribution in [3.8, 4) is 0 Å². The fraction of sp³-hybridized carbons (Fsp3) is 0.312. The molecule has 7 nitrogen and oxygen atoms in total. The highest BCUT2D eigenvalue weighted by Gasteiger charge is 2.33. The lowest BCUT2D eigenvalue weighted by Gasteiger charge is -2.26. The number of carbonyl (C=O) groups is 1. The zero-order chi connectivity index (χ0) is 19.4. The fourth-order valence-electron chi connectivity index (χ4n) is 2.43. The van der Waals surface area contributed by atoms with Gasteiger partial charge in [-0.25, -0.2) is 14.8 Å². The molecule has 1 aromatic heterocycles. The van der Waals surface area contributed by atoms with E-state index in [0.29, 0.717) is 37.9 Å². The number of benzene rings is 1. The molecule has 1 aromatic carbocycles. The van der Waals surface area contributed by atoms with Crippen LogP contribution in [0.5, 0.6) is 0 Å². The maximum Gasteiger partial charge on any atom is 0.417 e. The maximum absolute atomic E-state index is 12.9. The molecule has 2 amide bonds. The van der Waals surface area contributed by atoms with Gasteiger partial charge in [-0.3, -0.25) is 0 Å². The predicted octanol–water partition coefficient (Wildman–Crippen LogP) is 3.63. The molecular formula is C16H15ClF3N5O2. The summed E-state index contributed by atoms with van der Waals surface area (Å²) in [7, 11) is 0. The van der Waals surface area contributed by atoms with Crippen molar-refractivity contribution in [3.63, 3.8) is 0 Å². The smallest absolute Gasteiger partial charge is 0.378 e. The molecule has 144 valence electrons. The third-order valence-electron chi connectivity index (χ3n) is 3.72. The van der Waals surface area contributed by atoms with Crippen molar-refractivity contribution in [2.75, 3.05) is 41.8 Å². The summed E-state index contributed by atoms with van der Waals surface area (Å²) < 4.78 is 43.8. The van der Waals surface area contributed by atoms with Crippen molar-refractivity contribution >= 4 is 35.0 Å². The van der Waals surface area contributed by atoms with Crippen LogP contribution in [-0.4, -0.2) is 42.3 Å². The summed E-state index contributed by atoms with van der Waals surface area (Å²) in [5, 5.41) is 4.33. The second-order valence-corrected chi connectivity index (χ2v) is 6.05. The summed E-state index contributed by atoms with van der Waals surface area (Å²) in [6.07, 6.45) is -1.78. The molecule has 27 heavy (non-hydrogen) atoms. The van der Waals surface area contributed by atoms with Gasteiger partial charge in [-0.05, 0) is 18.2 Å². The molecule has 2 N–H and O–H groups in total. The molecule has 11 heteroatoms. The van der Waals surface area contributed by atoms with Crippen LogP contribution in [-0.2, 0) is 10.9 Å². The number of urea groups is 1. The van der Waals surface area contributed by atoms with E-state index in [1.165, 1.54) is 18.5 Å². The van der Waals surface area contributed by atoms with E-state index in [1.807, 2.05) is 4.90 Å². The number of nitrogens with one attached hydrogen (secondary N) is 2. The van der Waals surface area contributed by atoms with Gasteiger partial charge in [0.05, 0.1) is 41.9 Å². The number of hydrogen-bond donors (Lipinski definition) is 2. The lowest BCUT2D eigenvalue weighted by Crippen LogP contribution is -2.37. The van der Waals surface area contributed by atoms with Gasteiger partial charge in [-0.2, -0.15) is 13.2 Å². The van der Waals surface area contributed by atoms with Gasteiger partial charge in [0.2, 0.25) is 5.95 Å². The number of rotatable bonds is 3. The molecule has 0 bridgehead atoms. The Balaban J connectivity index is 1.62. The third-order valence-corrected chi connectivity index (χ3v) is 4.05. The van der Waals surface area contributed by atoms with Crippen LogP contribution in [0.15, 0.2) is 30.6 Å². The Bertz CT molecular complexity index is 811. The topological polar surface area (TPSA) is 79.4 Å². The molecule has 1 fully saturated rings. The first-order chi connectivity index (χ1) is 12.8. The number of hydrogen-bond acceptors (Lipinski definition) is 5. The Labute approximate surface area is 157 Å². The number of alkyl halides is 3. The average Bonchev–Trinajstić information content (AvgIpc) is 2.64. The van der Waals surface area contributed by atoms with E-state index in [4.69, 9.17) is 16.3 Å². The van der Waals surface area contributed by atoms with Crippen LogP contribution in [0.3, 0.4) is 0 Å². The van der Waals surface area contributed by atoms with Crippen molar-refractivity contribution in [3.05, 3.63) is 41.2 Å². The Morgan fingerprint density at radius 1 is 1.11 bits per heavy atom. The highest BCUT2D eigenvalue weighted by molar-refractivity contribution is 6.31. The van der Waals surface area contributed by atoms with Crippen LogP contribution in [0.2, 0.25) is 5.02 Å². The average molecular weight is 402 g/mol. The van der Waals surface area contributed by atoms with Crippen LogP contribution in [0, 0.1) is 0 Å². The van der Waals surface area contributed by atoms with Gasteiger partial charge in [0.15, 0.2) is 0 Å². The van der Waals surface area contributed by atoms with E-state index in [2.05, 4.69) is 20.6 Å². The van der Waals surface area contributed by atoms with Gasteiger partial charge < -0.3 is 20.3 Å². The molecule has 1 aliphatic heterocycles. The van der Waals surface area contributed by atoms with E-state index in [0.717, 1.165) is 12.1 Å². The summed E-state index contributed by atoms with van der Waals surface area (Å²) in [6, 6.07) is 2.38. The van der Waals surface area contributed by atoms with E-state index >= 15 is 0 Å². The number of morpholine rings is 1. The Hall–Kier alpha value is -2.59. The monoisotopic (exact) mass is 401 g/mol. The van der Waals surface area contributed by atoms with Crippen LogP contribution in [0.4, 0.5) is 35.3 Å². The number of ether oxygens (including phenoxy) is 1. The van der Waals surface area contributed by atoms with E-state index in [-0.39, 0.29) is 5.69 Å². The minimum Gasteiger partial charge on any atom is -0.378 e. The van der Waals surface area contributed by atoms with Gasteiger partial charge in [0, 0.05) is 18.8 Å². The van der Waals surface area contributed by atoms with Crippen LogP contribution >= 0.6 is 11.6 Å². The molecule has 0 spiro atoms. The highest BCUT2D eigenvalue weighted by atomic mass is 35.5. The van der Waals surface area contributed by atoms with Crippen LogP contribution < -0.4 is 15.5 Å². The molecule has 2 heterocycles. The fourth-order valence-corrected chi connectivity index (χ4v) is 2.65. The molecule has 0 radical (unpaired) electrons. The molecule has 0 saturated carbocycles. The number of nitrogens with zero attached hydrogens (tertiary/aromatic N) is 3. The van der Waals surface area contributed by atoms with E-state index in [1.54, 1.807) is 0 Å². The van der Waals surface area contributed by atoms with Gasteiger partial charge in [-0.15, -0.1) is 0 Å². The minimum absolute atomic E-state index is 0.0462. The standard InChI is InChI=1S/C16H15ClF3N5O2/c17-13-2-1-10(7-12(13)16(18,19)20)23-15(26)24-11-8-21-14(22-9-11)25-3-5-27-6-4-25/h1-2,7-9H,3-6H2,(H2,23,24,26). The third kappa shape index (κ3) is 4.98. The summed E-state index contributed by atoms with van der Waals surface area (Å²) in [4.78, 5) is 22.3. The molecule has 2 aromatic rings. The molecule has 3 rings (SSSR count). The molecule has 1 saturated heterocycles. The highest BCUT2D eigenvalue weighted by Crippen LogP contribution is 2.36. The summed E-state index contributed by atoms with van der Waals surface area (Å²) in [6.45, 7) is 2.52. The molecule has 0 atom stereocenters. The Morgan fingerprint density at radius 2 is 1.74 bits per heavy atom. The summed E-state index contributed by atoms with van der Waals surface area (Å²) >= 11 is 5.55. The Morgan fingerprint density at radius 3 is 2.37 bits per heavy atom. The maximum atomic E-state index is 12.9. The van der Waals surface area contributed by atoms with Gasteiger partial charge in [-0.1, -0.05) is 11.6 Å². The molecule has 0 unspecified atom stereocenters. The zero-order valence-corrected chi connectivity index (χ0v) is 14.6. The first kappa shape index (κ1) is 19.2. The summed E-state index contributed by atoms with van der Waals surface area (Å²) in [5.74, 6) is 0.511. The SMILES string of the molecule is O=C(Nc1cnc(N2CCOCC2)nc1)Nc1ccc(Cl)c(C(F)(F)F)c1. The van der Waals surface area contributed by atoms with Crippen molar-refractivity contribution in [2.24, 2.45) is 0 Å². The molecule has 1 aliphatic rings. The van der Waals surface area contributed by atoms with E-state index in [9.17, 15) is 18.0 Å².